The predicted octanol–water partition coefficient (Wildman–Crippen LogP) is 8.36. The van der Waals surface area contributed by atoms with Gasteiger partial charge in [-0.25, -0.2) is 0 Å². The highest BCUT2D eigenvalue weighted by molar-refractivity contribution is 4.81. The Balaban J connectivity index is 3.03. The minimum Gasteiger partial charge on any atom is -0.396 e. The van der Waals surface area contributed by atoms with E-state index in [9.17, 15) is 0 Å². The zero-order chi connectivity index (χ0) is 18.3. The molecule has 0 saturated carbocycles. The molecule has 150 valence electrons. The summed E-state index contributed by atoms with van der Waals surface area (Å²) < 4.78 is 0. The monoisotopic (exact) mass is 352 g/mol. The van der Waals surface area contributed by atoms with Crippen LogP contribution in [-0.2, 0) is 0 Å². The van der Waals surface area contributed by atoms with Gasteiger partial charge in [-0.05, 0) is 32.1 Å². The lowest BCUT2D eigenvalue weighted by Gasteiger charge is -2.02. The van der Waals surface area contributed by atoms with E-state index >= 15 is 0 Å². The number of hydrogen-bond acceptors (Lipinski definition) is 1. The third-order valence-corrected chi connectivity index (χ3v) is 5.17. The molecule has 0 heterocycles. The largest absolute Gasteiger partial charge is 0.396 e. The van der Waals surface area contributed by atoms with E-state index in [0.29, 0.717) is 6.61 Å². The van der Waals surface area contributed by atoms with Gasteiger partial charge in [0.15, 0.2) is 0 Å². The lowest BCUT2D eigenvalue weighted by molar-refractivity contribution is 0.282. The van der Waals surface area contributed by atoms with E-state index in [1.165, 1.54) is 122 Å². The summed E-state index contributed by atoms with van der Waals surface area (Å²) in [6.45, 7) is 2.65. The summed E-state index contributed by atoms with van der Waals surface area (Å²) in [7, 11) is 0. The van der Waals surface area contributed by atoms with E-state index < -0.39 is 0 Å². The fourth-order valence-electron chi connectivity index (χ4n) is 3.42. The Kier molecular flexibility index (Phi) is 23.4. The average molecular weight is 353 g/mol. The molecule has 25 heavy (non-hydrogen) atoms. The van der Waals surface area contributed by atoms with E-state index in [0.717, 1.165) is 6.42 Å². The van der Waals surface area contributed by atoms with E-state index in [4.69, 9.17) is 5.11 Å². The molecule has 0 unspecified atom stereocenters. The Hall–Kier alpha value is -0.300. The molecular weight excluding hydrogens is 304 g/mol. The second-order valence-corrected chi connectivity index (χ2v) is 7.78. The van der Waals surface area contributed by atoms with Crippen molar-refractivity contribution in [2.45, 2.75) is 135 Å². The Morgan fingerprint density at radius 3 is 1.12 bits per heavy atom. The SMILES string of the molecule is CCCCCCCC/C=C/CCCCCCCCCCCCCCO. The van der Waals surface area contributed by atoms with E-state index in [-0.39, 0.29) is 0 Å². The highest BCUT2D eigenvalue weighted by atomic mass is 16.2. The Bertz CT molecular complexity index is 246. The third kappa shape index (κ3) is 23.7. The number of aliphatic hydroxyl groups is 1. The number of rotatable bonds is 21. The number of allylic oxidation sites excluding steroid dienone is 2. The van der Waals surface area contributed by atoms with Gasteiger partial charge in [-0.15, -0.1) is 0 Å². The standard InChI is InChI=1S/C24H48O/c1-2-3-4-5-6-7-8-9-10-11-12-13-14-15-16-17-18-19-20-21-22-23-24-25/h9-10,25H,2-8,11-24H2,1H3/b10-9+. The van der Waals surface area contributed by atoms with E-state index in [2.05, 4.69) is 19.1 Å². The van der Waals surface area contributed by atoms with Crippen molar-refractivity contribution in [3.8, 4) is 0 Å². The summed E-state index contributed by atoms with van der Waals surface area (Å²) in [5.74, 6) is 0. The maximum atomic E-state index is 8.72. The molecule has 1 nitrogen and oxygen atoms in total. The molecule has 0 bridgehead atoms. The molecule has 0 rings (SSSR count). The molecule has 0 atom stereocenters. The second-order valence-electron chi connectivity index (χ2n) is 7.78. The maximum Gasteiger partial charge on any atom is 0.0431 e. The Morgan fingerprint density at radius 2 is 0.760 bits per heavy atom. The van der Waals surface area contributed by atoms with Gasteiger partial charge >= 0.3 is 0 Å². The molecular formula is C24H48O. The van der Waals surface area contributed by atoms with Crippen molar-refractivity contribution in [1.82, 2.24) is 0 Å². The van der Waals surface area contributed by atoms with Crippen LogP contribution < -0.4 is 0 Å². The van der Waals surface area contributed by atoms with Crippen LogP contribution in [0, 0.1) is 0 Å². The number of unbranched alkanes of at least 4 members (excludes halogenated alkanes) is 18. The topological polar surface area (TPSA) is 20.2 Å². The van der Waals surface area contributed by atoms with Gasteiger partial charge in [0, 0.05) is 6.61 Å². The molecule has 0 aromatic rings. The van der Waals surface area contributed by atoms with Crippen molar-refractivity contribution >= 4 is 0 Å². The van der Waals surface area contributed by atoms with Gasteiger partial charge in [-0.1, -0.05) is 115 Å². The molecule has 0 saturated heterocycles. The van der Waals surface area contributed by atoms with Crippen molar-refractivity contribution in [1.29, 1.82) is 0 Å². The van der Waals surface area contributed by atoms with Gasteiger partial charge in [-0.3, -0.25) is 0 Å². The molecule has 0 aliphatic rings. The average Bonchev–Trinajstić information content (AvgIpc) is 2.63. The second kappa shape index (κ2) is 23.7. The first-order chi connectivity index (χ1) is 12.4. The highest BCUT2D eigenvalue weighted by Gasteiger charge is 1.93. The highest BCUT2D eigenvalue weighted by Crippen LogP contribution is 2.13. The minimum absolute atomic E-state index is 0.370. The minimum atomic E-state index is 0.370. The van der Waals surface area contributed by atoms with Gasteiger partial charge in [0.1, 0.15) is 0 Å². The maximum absolute atomic E-state index is 8.72. The number of aliphatic hydroxyl groups excluding tert-OH is 1. The molecule has 0 amide bonds. The normalized spacial score (nSPS) is 11.6. The summed E-state index contributed by atoms with van der Waals surface area (Å²) >= 11 is 0. The van der Waals surface area contributed by atoms with Crippen LogP contribution in [0.4, 0.5) is 0 Å². The van der Waals surface area contributed by atoms with Crippen molar-refractivity contribution in [2.75, 3.05) is 6.61 Å². The Morgan fingerprint density at radius 1 is 0.440 bits per heavy atom. The molecule has 0 fully saturated rings. The van der Waals surface area contributed by atoms with Crippen molar-refractivity contribution < 1.29 is 5.11 Å². The van der Waals surface area contributed by atoms with Crippen LogP contribution in [0.3, 0.4) is 0 Å². The van der Waals surface area contributed by atoms with Gasteiger partial charge in [0.25, 0.3) is 0 Å². The fraction of sp³-hybridized carbons (Fsp3) is 0.917. The van der Waals surface area contributed by atoms with Crippen LogP contribution in [0.5, 0.6) is 0 Å². The van der Waals surface area contributed by atoms with Gasteiger partial charge in [-0.2, -0.15) is 0 Å². The lowest BCUT2D eigenvalue weighted by Crippen LogP contribution is -1.84. The first-order valence-corrected chi connectivity index (χ1v) is 11.7. The zero-order valence-electron chi connectivity index (χ0n) is 17.5. The van der Waals surface area contributed by atoms with Crippen molar-refractivity contribution in [2.24, 2.45) is 0 Å². The van der Waals surface area contributed by atoms with Gasteiger partial charge in [0.2, 0.25) is 0 Å². The molecule has 1 heteroatoms. The van der Waals surface area contributed by atoms with Gasteiger partial charge in [0.05, 0.1) is 0 Å². The molecule has 0 aliphatic heterocycles. The first kappa shape index (κ1) is 24.7. The summed E-state index contributed by atoms with van der Waals surface area (Å²) in [6, 6.07) is 0. The van der Waals surface area contributed by atoms with Crippen LogP contribution in [0.25, 0.3) is 0 Å². The smallest absolute Gasteiger partial charge is 0.0431 e. The van der Waals surface area contributed by atoms with Crippen LogP contribution in [0.1, 0.15) is 135 Å². The fourth-order valence-corrected chi connectivity index (χ4v) is 3.42. The molecule has 0 aromatic heterocycles. The Labute approximate surface area is 159 Å². The molecule has 0 radical (unpaired) electrons. The third-order valence-electron chi connectivity index (χ3n) is 5.17. The van der Waals surface area contributed by atoms with Crippen LogP contribution in [0.2, 0.25) is 0 Å². The summed E-state index contributed by atoms with van der Waals surface area (Å²) in [4.78, 5) is 0. The van der Waals surface area contributed by atoms with Crippen molar-refractivity contribution in [3.63, 3.8) is 0 Å². The lowest BCUT2D eigenvalue weighted by atomic mass is 10.0. The quantitative estimate of drug-likeness (QED) is 0.162. The summed E-state index contributed by atoms with van der Waals surface area (Å²) in [5.41, 5.74) is 0. The summed E-state index contributed by atoms with van der Waals surface area (Å²) in [5, 5.41) is 8.72. The van der Waals surface area contributed by atoms with Crippen LogP contribution in [-0.4, -0.2) is 11.7 Å². The van der Waals surface area contributed by atoms with E-state index in [1.807, 2.05) is 0 Å². The first-order valence-electron chi connectivity index (χ1n) is 11.7. The molecule has 0 aliphatic carbocycles. The van der Waals surface area contributed by atoms with Crippen LogP contribution in [0.15, 0.2) is 12.2 Å². The molecule has 0 aromatic carbocycles. The van der Waals surface area contributed by atoms with Crippen molar-refractivity contribution in [3.05, 3.63) is 12.2 Å². The predicted molar refractivity (Wildman–Crippen MR) is 114 cm³/mol. The van der Waals surface area contributed by atoms with Crippen LogP contribution >= 0.6 is 0 Å². The molecule has 0 spiro atoms. The van der Waals surface area contributed by atoms with Gasteiger partial charge < -0.3 is 5.11 Å². The number of hydrogen-bond donors (Lipinski definition) is 1. The molecule has 1 N–H and O–H groups in total. The van der Waals surface area contributed by atoms with E-state index in [1.54, 1.807) is 0 Å². The zero-order valence-corrected chi connectivity index (χ0v) is 17.5. The summed E-state index contributed by atoms with van der Waals surface area (Å²) in [6.07, 6.45) is 32.1.